The second-order valence-corrected chi connectivity index (χ2v) is 5.06. The van der Waals surface area contributed by atoms with Crippen molar-refractivity contribution in [3.63, 3.8) is 0 Å². The molecule has 1 atom stereocenters. The van der Waals surface area contributed by atoms with Gasteiger partial charge in [0.25, 0.3) is 0 Å². The standard InChI is InChI=1S/C14H19ClN2O/c15-7-8-16-14(18)13-6-9-17(11-13)10-12-4-2-1-3-5-12/h1-5,13H,6-11H2,(H,16,18). The Morgan fingerprint density at radius 2 is 2.17 bits per heavy atom. The van der Waals surface area contributed by atoms with Crippen LogP contribution in [0.3, 0.4) is 0 Å². The molecule has 1 unspecified atom stereocenters. The number of halogens is 1. The van der Waals surface area contributed by atoms with Gasteiger partial charge in [-0.3, -0.25) is 9.69 Å². The van der Waals surface area contributed by atoms with Gasteiger partial charge in [-0.15, -0.1) is 11.6 Å². The molecule has 0 radical (unpaired) electrons. The van der Waals surface area contributed by atoms with Gasteiger partial charge in [-0.25, -0.2) is 0 Å². The van der Waals surface area contributed by atoms with Crippen LogP contribution in [0.5, 0.6) is 0 Å². The fourth-order valence-electron chi connectivity index (χ4n) is 2.35. The van der Waals surface area contributed by atoms with Crippen molar-refractivity contribution < 1.29 is 4.79 Å². The number of benzene rings is 1. The topological polar surface area (TPSA) is 32.3 Å². The van der Waals surface area contributed by atoms with E-state index in [2.05, 4.69) is 34.5 Å². The monoisotopic (exact) mass is 266 g/mol. The van der Waals surface area contributed by atoms with E-state index < -0.39 is 0 Å². The summed E-state index contributed by atoms with van der Waals surface area (Å²) in [6.07, 6.45) is 0.945. The molecule has 0 spiro atoms. The van der Waals surface area contributed by atoms with Crippen molar-refractivity contribution in [3.8, 4) is 0 Å². The molecular weight excluding hydrogens is 248 g/mol. The lowest BCUT2D eigenvalue weighted by Gasteiger charge is -2.15. The zero-order valence-electron chi connectivity index (χ0n) is 10.4. The van der Waals surface area contributed by atoms with E-state index in [1.54, 1.807) is 0 Å². The summed E-state index contributed by atoms with van der Waals surface area (Å²) >= 11 is 5.56. The largest absolute Gasteiger partial charge is 0.355 e. The predicted octanol–water partition coefficient (Wildman–Crippen LogP) is 1.86. The van der Waals surface area contributed by atoms with Crippen molar-refractivity contribution in [1.82, 2.24) is 10.2 Å². The van der Waals surface area contributed by atoms with Gasteiger partial charge in [0.1, 0.15) is 0 Å². The minimum absolute atomic E-state index is 0.122. The maximum atomic E-state index is 11.8. The quantitative estimate of drug-likeness (QED) is 0.825. The number of nitrogens with one attached hydrogen (secondary N) is 1. The Labute approximate surface area is 113 Å². The van der Waals surface area contributed by atoms with Crippen LogP contribution in [0.2, 0.25) is 0 Å². The maximum absolute atomic E-state index is 11.8. The lowest BCUT2D eigenvalue weighted by atomic mass is 10.1. The van der Waals surface area contributed by atoms with Crippen LogP contribution in [0.4, 0.5) is 0 Å². The molecule has 4 heteroatoms. The molecule has 18 heavy (non-hydrogen) atoms. The van der Waals surface area contributed by atoms with Gasteiger partial charge in [-0.05, 0) is 18.5 Å². The van der Waals surface area contributed by atoms with Crippen LogP contribution < -0.4 is 5.32 Å². The minimum Gasteiger partial charge on any atom is -0.355 e. The fourth-order valence-corrected chi connectivity index (χ4v) is 2.44. The van der Waals surface area contributed by atoms with E-state index in [0.717, 1.165) is 26.1 Å². The number of likely N-dealkylation sites (tertiary alicyclic amines) is 1. The van der Waals surface area contributed by atoms with Crippen LogP contribution >= 0.6 is 11.6 Å². The van der Waals surface area contributed by atoms with Crippen molar-refractivity contribution in [2.24, 2.45) is 5.92 Å². The summed E-state index contributed by atoms with van der Waals surface area (Å²) in [5, 5.41) is 2.86. The molecule has 2 rings (SSSR count). The number of carbonyl (C=O) groups excluding carboxylic acids is 1. The maximum Gasteiger partial charge on any atom is 0.224 e. The van der Waals surface area contributed by atoms with E-state index in [1.807, 2.05) is 6.07 Å². The van der Waals surface area contributed by atoms with Crippen LogP contribution in [0.25, 0.3) is 0 Å². The Balaban J connectivity index is 1.80. The molecule has 1 aromatic rings. The first-order chi connectivity index (χ1) is 8.79. The zero-order chi connectivity index (χ0) is 12.8. The Bertz CT molecular complexity index is 383. The number of amides is 1. The molecule has 1 aromatic carbocycles. The van der Waals surface area contributed by atoms with Crippen molar-refractivity contribution >= 4 is 17.5 Å². The molecule has 0 saturated carbocycles. The molecule has 3 nitrogen and oxygen atoms in total. The van der Waals surface area contributed by atoms with Gasteiger partial charge < -0.3 is 5.32 Å². The highest BCUT2D eigenvalue weighted by Crippen LogP contribution is 2.18. The van der Waals surface area contributed by atoms with Crippen molar-refractivity contribution in [1.29, 1.82) is 0 Å². The number of carbonyl (C=O) groups is 1. The molecule has 1 saturated heterocycles. The highest BCUT2D eigenvalue weighted by Gasteiger charge is 2.27. The summed E-state index contributed by atoms with van der Waals surface area (Å²) in [7, 11) is 0. The summed E-state index contributed by atoms with van der Waals surface area (Å²) in [5.74, 6) is 0.745. The molecule has 0 aliphatic carbocycles. The average Bonchev–Trinajstić information content (AvgIpc) is 2.86. The molecule has 98 valence electrons. The molecular formula is C14H19ClN2O. The molecule has 0 aromatic heterocycles. The summed E-state index contributed by atoms with van der Waals surface area (Å²) in [6, 6.07) is 10.4. The summed E-state index contributed by atoms with van der Waals surface area (Å²) in [6.45, 7) is 3.34. The molecule has 1 N–H and O–H groups in total. The smallest absolute Gasteiger partial charge is 0.224 e. The second kappa shape index (κ2) is 6.76. The minimum atomic E-state index is 0.122. The van der Waals surface area contributed by atoms with Crippen molar-refractivity contribution in [2.75, 3.05) is 25.5 Å². The third kappa shape index (κ3) is 3.72. The van der Waals surface area contributed by atoms with Gasteiger partial charge in [-0.1, -0.05) is 30.3 Å². The van der Waals surface area contributed by atoms with Crippen molar-refractivity contribution in [2.45, 2.75) is 13.0 Å². The zero-order valence-corrected chi connectivity index (χ0v) is 11.2. The van der Waals surface area contributed by atoms with Gasteiger partial charge in [0.2, 0.25) is 5.91 Å². The van der Waals surface area contributed by atoms with Crippen LogP contribution in [0.15, 0.2) is 30.3 Å². The van der Waals surface area contributed by atoms with Gasteiger partial charge in [0.15, 0.2) is 0 Å². The summed E-state index contributed by atoms with van der Waals surface area (Å²) in [4.78, 5) is 14.1. The highest BCUT2D eigenvalue weighted by molar-refractivity contribution is 6.18. The van der Waals surface area contributed by atoms with Crippen molar-refractivity contribution in [3.05, 3.63) is 35.9 Å². The Morgan fingerprint density at radius 3 is 2.89 bits per heavy atom. The molecule has 1 aliphatic rings. The third-order valence-corrected chi connectivity index (χ3v) is 3.47. The number of hydrogen-bond donors (Lipinski definition) is 1. The van der Waals surface area contributed by atoms with Gasteiger partial charge >= 0.3 is 0 Å². The highest BCUT2D eigenvalue weighted by atomic mass is 35.5. The first-order valence-corrected chi connectivity index (χ1v) is 6.93. The molecule has 1 fully saturated rings. The Hall–Kier alpha value is -1.06. The fraction of sp³-hybridized carbons (Fsp3) is 0.500. The van der Waals surface area contributed by atoms with E-state index >= 15 is 0 Å². The number of rotatable bonds is 5. The SMILES string of the molecule is O=C(NCCCl)C1CCN(Cc2ccccc2)C1. The van der Waals surface area contributed by atoms with Crippen LogP contribution in [0.1, 0.15) is 12.0 Å². The van der Waals surface area contributed by atoms with Crippen LogP contribution in [-0.4, -0.2) is 36.3 Å². The molecule has 1 amide bonds. The van der Waals surface area contributed by atoms with Gasteiger partial charge in [0.05, 0.1) is 5.92 Å². The number of hydrogen-bond acceptors (Lipinski definition) is 2. The number of nitrogens with zero attached hydrogens (tertiary/aromatic N) is 1. The Morgan fingerprint density at radius 1 is 1.39 bits per heavy atom. The molecule has 1 aliphatic heterocycles. The Kier molecular flexibility index (Phi) is 5.02. The average molecular weight is 267 g/mol. The second-order valence-electron chi connectivity index (χ2n) is 4.69. The molecule has 0 bridgehead atoms. The van der Waals surface area contributed by atoms with Crippen LogP contribution in [-0.2, 0) is 11.3 Å². The first-order valence-electron chi connectivity index (χ1n) is 6.39. The predicted molar refractivity (Wildman–Crippen MR) is 73.6 cm³/mol. The van der Waals surface area contributed by atoms with E-state index in [0.29, 0.717) is 12.4 Å². The van der Waals surface area contributed by atoms with E-state index in [9.17, 15) is 4.79 Å². The molecule has 1 heterocycles. The number of alkyl halides is 1. The van der Waals surface area contributed by atoms with Gasteiger partial charge in [0, 0.05) is 25.5 Å². The van der Waals surface area contributed by atoms with Crippen LogP contribution in [0, 0.1) is 5.92 Å². The van der Waals surface area contributed by atoms with Gasteiger partial charge in [-0.2, -0.15) is 0 Å². The normalized spacial score (nSPS) is 19.9. The summed E-state index contributed by atoms with van der Waals surface area (Å²) < 4.78 is 0. The lowest BCUT2D eigenvalue weighted by Crippen LogP contribution is -2.33. The first kappa shape index (κ1) is 13.4. The van der Waals surface area contributed by atoms with E-state index in [1.165, 1.54) is 5.56 Å². The third-order valence-electron chi connectivity index (χ3n) is 3.29. The lowest BCUT2D eigenvalue weighted by molar-refractivity contribution is -0.124. The van der Waals surface area contributed by atoms with E-state index in [4.69, 9.17) is 11.6 Å². The summed E-state index contributed by atoms with van der Waals surface area (Å²) in [5.41, 5.74) is 1.30. The van der Waals surface area contributed by atoms with E-state index in [-0.39, 0.29) is 11.8 Å².